The molecule has 3 heteroatoms. The molecule has 15 heavy (non-hydrogen) atoms. The number of amides is 1. The average Bonchev–Trinajstić information content (AvgIpc) is 2.20. The fourth-order valence-electron chi connectivity index (χ4n) is 1.49. The summed E-state index contributed by atoms with van der Waals surface area (Å²) in [7, 11) is 0. The monoisotopic (exact) mass is 214 g/mol. The van der Waals surface area contributed by atoms with Gasteiger partial charge in [0.25, 0.3) is 0 Å². The summed E-state index contributed by atoms with van der Waals surface area (Å²) in [5.41, 5.74) is 5.58. The van der Waals surface area contributed by atoms with Crippen molar-refractivity contribution in [3.05, 3.63) is 0 Å². The summed E-state index contributed by atoms with van der Waals surface area (Å²) < 4.78 is 0. The van der Waals surface area contributed by atoms with Crippen molar-refractivity contribution in [3.8, 4) is 0 Å². The molecular weight excluding hydrogens is 188 g/mol. The molecule has 1 atom stereocenters. The molecule has 0 fully saturated rings. The molecule has 1 unspecified atom stereocenters. The first-order valence-corrected chi connectivity index (χ1v) is 6.11. The molecule has 0 bridgehead atoms. The third-order valence-corrected chi connectivity index (χ3v) is 2.66. The summed E-state index contributed by atoms with van der Waals surface area (Å²) >= 11 is 0. The first-order valence-electron chi connectivity index (χ1n) is 6.11. The maximum Gasteiger partial charge on any atom is 0.220 e. The molecule has 0 heterocycles. The Balaban J connectivity index is 3.62. The van der Waals surface area contributed by atoms with Crippen LogP contribution in [0.2, 0.25) is 0 Å². The molecule has 0 spiro atoms. The van der Waals surface area contributed by atoms with Crippen molar-refractivity contribution in [1.29, 1.82) is 0 Å². The molecule has 0 rings (SSSR count). The fourth-order valence-corrected chi connectivity index (χ4v) is 1.49. The van der Waals surface area contributed by atoms with Gasteiger partial charge in [0.05, 0.1) is 0 Å². The van der Waals surface area contributed by atoms with Crippen molar-refractivity contribution in [1.82, 2.24) is 5.32 Å². The van der Waals surface area contributed by atoms with Crippen LogP contribution in [0.3, 0.4) is 0 Å². The standard InChI is InChI=1S/C12H26N2O/c1-4-5-6-7-8-12(15)14-11(9-13)10(2)3/h10-11H,4-9,13H2,1-3H3,(H,14,15). The van der Waals surface area contributed by atoms with Gasteiger partial charge in [0.15, 0.2) is 0 Å². The summed E-state index contributed by atoms with van der Waals surface area (Å²) in [5.74, 6) is 0.560. The molecule has 3 N–H and O–H groups in total. The summed E-state index contributed by atoms with van der Waals surface area (Å²) in [5, 5.41) is 2.98. The minimum atomic E-state index is 0.128. The van der Waals surface area contributed by atoms with Gasteiger partial charge in [-0.2, -0.15) is 0 Å². The Kier molecular flexibility index (Phi) is 8.38. The molecule has 0 aliphatic heterocycles. The molecule has 0 aromatic rings. The van der Waals surface area contributed by atoms with E-state index in [-0.39, 0.29) is 11.9 Å². The third kappa shape index (κ3) is 7.37. The average molecular weight is 214 g/mol. The second-order valence-electron chi connectivity index (χ2n) is 4.46. The smallest absolute Gasteiger partial charge is 0.220 e. The molecule has 1 amide bonds. The van der Waals surface area contributed by atoms with E-state index >= 15 is 0 Å². The predicted octanol–water partition coefficient (Wildman–Crippen LogP) is 2.06. The lowest BCUT2D eigenvalue weighted by atomic mass is 10.0. The van der Waals surface area contributed by atoms with Crippen molar-refractivity contribution < 1.29 is 4.79 Å². The third-order valence-electron chi connectivity index (χ3n) is 2.66. The first kappa shape index (κ1) is 14.4. The van der Waals surface area contributed by atoms with Crippen LogP contribution in [0.4, 0.5) is 0 Å². The van der Waals surface area contributed by atoms with Crippen LogP contribution in [0.15, 0.2) is 0 Å². The molecular formula is C12H26N2O. The highest BCUT2D eigenvalue weighted by atomic mass is 16.1. The van der Waals surface area contributed by atoms with E-state index in [0.29, 0.717) is 18.9 Å². The van der Waals surface area contributed by atoms with Gasteiger partial charge in [0, 0.05) is 19.0 Å². The van der Waals surface area contributed by atoms with E-state index in [2.05, 4.69) is 26.1 Å². The van der Waals surface area contributed by atoms with Gasteiger partial charge in [0.1, 0.15) is 0 Å². The van der Waals surface area contributed by atoms with Gasteiger partial charge >= 0.3 is 0 Å². The SMILES string of the molecule is CCCCCCC(=O)NC(CN)C(C)C. The Morgan fingerprint density at radius 3 is 2.40 bits per heavy atom. The Bertz CT molecular complexity index is 169. The molecule has 0 aliphatic rings. The lowest BCUT2D eigenvalue weighted by Crippen LogP contribution is -2.43. The van der Waals surface area contributed by atoms with E-state index in [1.54, 1.807) is 0 Å². The van der Waals surface area contributed by atoms with Crippen LogP contribution in [-0.4, -0.2) is 18.5 Å². The van der Waals surface area contributed by atoms with Crippen LogP contribution in [0, 0.1) is 5.92 Å². The highest BCUT2D eigenvalue weighted by Crippen LogP contribution is 2.04. The summed E-state index contributed by atoms with van der Waals surface area (Å²) in [4.78, 5) is 11.5. The van der Waals surface area contributed by atoms with Crippen molar-refractivity contribution in [2.24, 2.45) is 11.7 Å². The molecule has 0 saturated carbocycles. The Morgan fingerprint density at radius 2 is 1.93 bits per heavy atom. The number of rotatable bonds is 8. The Morgan fingerprint density at radius 1 is 1.27 bits per heavy atom. The van der Waals surface area contributed by atoms with Gasteiger partial charge in [-0.25, -0.2) is 0 Å². The van der Waals surface area contributed by atoms with Gasteiger partial charge in [0.2, 0.25) is 5.91 Å². The van der Waals surface area contributed by atoms with Crippen LogP contribution in [0.1, 0.15) is 52.9 Å². The zero-order chi connectivity index (χ0) is 11.7. The van der Waals surface area contributed by atoms with E-state index in [1.165, 1.54) is 12.8 Å². The Hall–Kier alpha value is -0.570. The van der Waals surface area contributed by atoms with E-state index in [4.69, 9.17) is 5.73 Å². The zero-order valence-corrected chi connectivity index (χ0v) is 10.4. The molecule has 90 valence electrons. The van der Waals surface area contributed by atoms with E-state index in [0.717, 1.165) is 12.8 Å². The van der Waals surface area contributed by atoms with E-state index in [9.17, 15) is 4.79 Å². The number of carbonyl (C=O) groups excluding carboxylic acids is 1. The number of hydrogen-bond donors (Lipinski definition) is 2. The molecule has 0 saturated heterocycles. The Labute approximate surface area is 93.8 Å². The van der Waals surface area contributed by atoms with Crippen molar-refractivity contribution >= 4 is 5.91 Å². The fraction of sp³-hybridized carbons (Fsp3) is 0.917. The van der Waals surface area contributed by atoms with Crippen LogP contribution < -0.4 is 11.1 Å². The molecule has 0 aromatic carbocycles. The van der Waals surface area contributed by atoms with Gasteiger partial charge in [-0.05, 0) is 12.3 Å². The second-order valence-corrected chi connectivity index (χ2v) is 4.46. The molecule has 3 nitrogen and oxygen atoms in total. The van der Waals surface area contributed by atoms with E-state index in [1.807, 2.05) is 0 Å². The number of unbranched alkanes of at least 4 members (excludes halogenated alkanes) is 3. The first-order chi connectivity index (χ1) is 7.11. The maximum absolute atomic E-state index is 11.5. The van der Waals surface area contributed by atoms with Gasteiger partial charge in [-0.1, -0.05) is 40.0 Å². The van der Waals surface area contributed by atoms with Crippen LogP contribution >= 0.6 is 0 Å². The van der Waals surface area contributed by atoms with Crippen LogP contribution in [-0.2, 0) is 4.79 Å². The van der Waals surface area contributed by atoms with Crippen molar-refractivity contribution in [3.63, 3.8) is 0 Å². The van der Waals surface area contributed by atoms with E-state index < -0.39 is 0 Å². The van der Waals surface area contributed by atoms with Crippen molar-refractivity contribution in [2.45, 2.75) is 58.9 Å². The maximum atomic E-state index is 11.5. The largest absolute Gasteiger partial charge is 0.352 e. The topological polar surface area (TPSA) is 55.1 Å². The summed E-state index contributed by atoms with van der Waals surface area (Å²) in [6, 6.07) is 0.128. The predicted molar refractivity (Wildman–Crippen MR) is 64.6 cm³/mol. The van der Waals surface area contributed by atoms with Crippen molar-refractivity contribution in [2.75, 3.05) is 6.54 Å². The lowest BCUT2D eigenvalue weighted by molar-refractivity contribution is -0.122. The number of hydrogen-bond acceptors (Lipinski definition) is 2. The quantitative estimate of drug-likeness (QED) is 0.608. The van der Waals surface area contributed by atoms with Crippen LogP contribution in [0.25, 0.3) is 0 Å². The molecule has 0 radical (unpaired) electrons. The summed E-state index contributed by atoms with van der Waals surface area (Å²) in [6.45, 7) is 6.85. The minimum Gasteiger partial charge on any atom is -0.352 e. The number of carbonyl (C=O) groups is 1. The number of nitrogens with two attached hydrogens (primary N) is 1. The minimum absolute atomic E-state index is 0.128. The summed E-state index contributed by atoms with van der Waals surface area (Å²) in [6.07, 6.45) is 5.22. The van der Waals surface area contributed by atoms with Gasteiger partial charge in [-0.15, -0.1) is 0 Å². The van der Waals surface area contributed by atoms with Gasteiger partial charge < -0.3 is 11.1 Å². The second kappa shape index (κ2) is 8.72. The molecule has 0 aliphatic carbocycles. The lowest BCUT2D eigenvalue weighted by Gasteiger charge is -2.20. The normalized spacial score (nSPS) is 12.9. The highest BCUT2D eigenvalue weighted by molar-refractivity contribution is 5.76. The highest BCUT2D eigenvalue weighted by Gasteiger charge is 2.13. The van der Waals surface area contributed by atoms with Crippen LogP contribution in [0.5, 0.6) is 0 Å². The zero-order valence-electron chi connectivity index (χ0n) is 10.4. The van der Waals surface area contributed by atoms with Gasteiger partial charge in [-0.3, -0.25) is 4.79 Å². The number of nitrogens with one attached hydrogen (secondary N) is 1. The molecule has 0 aromatic heterocycles.